The Morgan fingerprint density at radius 3 is 2.59 bits per heavy atom. The summed E-state index contributed by atoms with van der Waals surface area (Å²) in [5.41, 5.74) is 1.32. The van der Waals surface area contributed by atoms with Crippen molar-refractivity contribution >= 4 is 17.6 Å². The number of hydrogen-bond donors (Lipinski definition) is 3. The summed E-state index contributed by atoms with van der Waals surface area (Å²) in [5, 5.41) is 16.8. The molecule has 0 aromatic heterocycles. The molecule has 0 radical (unpaired) electrons. The second-order valence-corrected chi connectivity index (χ2v) is 8.55. The Balaban J connectivity index is 1.89. The van der Waals surface area contributed by atoms with Gasteiger partial charge in [-0.05, 0) is 38.5 Å². The van der Waals surface area contributed by atoms with E-state index in [1.165, 1.54) is 0 Å². The Kier molecular flexibility index (Phi) is 4.04. The number of nitrogens with one attached hydrogen (secondary N) is 2. The third-order valence-electron chi connectivity index (χ3n) is 5.42. The summed E-state index contributed by atoms with van der Waals surface area (Å²) in [6.07, 6.45) is 1.14. The molecule has 1 saturated heterocycles. The number of ether oxygens (including phenoxy) is 1. The summed E-state index contributed by atoms with van der Waals surface area (Å²) in [6.45, 7) is 5.78. The van der Waals surface area contributed by atoms with Gasteiger partial charge in [0.25, 0.3) is 0 Å². The second kappa shape index (κ2) is 6.06. The molecule has 1 spiro atoms. The molecule has 2 aliphatic heterocycles. The quantitative estimate of drug-likeness (QED) is 0.678. The minimum atomic E-state index is -0.874. The van der Waals surface area contributed by atoms with Crippen LogP contribution in [0.25, 0.3) is 0 Å². The first-order valence-corrected chi connectivity index (χ1v) is 9.44. The van der Waals surface area contributed by atoms with Crippen LogP contribution in [-0.2, 0) is 0 Å². The molecule has 0 saturated carbocycles. The van der Waals surface area contributed by atoms with Crippen molar-refractivity contribution in [1.29, 1.82) is 0 Å². The van der Waals surface area contributed by atoms with Crippen LogP contribution in [-0.4, -0.2) is 22.4 Å². The van der Waals surface area contributed by atoms with Crippen LogP contribution in [0.4, 0.5) is 4.79 Å². The monoisotopic (exact) mass is 386 g/mol. The Hall–Kier alpha value is -2.40. The maximum atomic E-state index is 12.3. The van der Waals surface area contributed by atoms with Gasteiger partial charge in [0.2, 0.25) is 0 Å². The predicted octanol–water partition coefficient (Wildman–Crippen LogP) is 4.45. The van der Waals surface area contributed by atoms with Gasteiger partial charge in [-0.15, -0.1) is 0 Å². The summed E-state index contributed by atoms with van der Waals surface area (Å²) < 4.78 is 6.39. The first-order chi connectivity index (χ1) is 12.7. The lowest BCUT2D eigenvalue weighted by molar-refractivity contribution is -0.0241. The maximum absolute atomic E-state index is 12.3. The fourth-order valence-electron chi connectivity index (χ4n) is 4.36. The number of rotatable bonds is 1. The number of carbonyl (C=O) groups is 1. The zero-order valence-electron chi connectivity index (χ0n) is 15.6. The molecule has 142 valence electrons. The van der Waals surface area contributed by atoms with Crippen LogP contribution in [0.2, 0.25) is 5.02 Å². The first-order valence-electron chi connectivity index (χ1n) is 9.06. The molecule has 6 heteroatoms. The van der Waals surface area contributed by atoms with E-state index in [1.54, 1.807) is 6.07 Å². The van der Waals surface area contributed by atoms with Gasteiger partial charge in [-0.25, -0.2) is 4.79 Å². The van der Waals surface area contributed by atoms with Crippen LogP contribution in [0.5, 0.6) is 11.5 Å². The number of hydrogen-bond acceptors (Lipinski definition) is 3. The predicted molar refractivity (Wildman–Crippen MR) is 104 cm³/mol. The van der Waals surface area contributed by atoms with Gasteiger partial charge in [0.15, 0.2) is 5.72 Å². The highest BCUT2D eigenvalue weighted by Gasteiger charge is 2.50. The molecule has 3 N–H and O–H groups in total. The molecule has 0 bridgehead atoms. The summed E-state index contributed by atoms with van der Waals surface area (Å²) in [5.74, 6) is 0.725. The van der Waals surface area contributed by atoms with E-state index in [1.807, 2.05) is 51.1 Å². The van der Waals surface area contributed by atoms with E-state index in [4.69, 9.17) is 16.3 Å². The van der Waals surface area contributed by atoms with E-state index >= 15 is 0 Å². The van der Waals surface area contributed by atoms with Gasteiger partial charge in [-0.2, -0.15) is 0 Å². The zero-order valence-corrected chi connectivity index (χ0v) is 16.4. The van der Waals surface area contributed by atoms with Crippen molar-refractivity contribution in [2.45, 2.75) is 50.8 Å². The second-order valence-electron chi connectivity index (χ2n) is 8.14. The van der Waals surface area contributed by atoms with Crippen molar-refractivity contribution in [2.75, 3.05) is 0 Å². The summed E-state index contributed by atoms with van der Waals surface area (Å²) in [6, 6.07) is 11.0. The van der Waals surface area contributed by atoms with Gasteiger partial charge in [-0.1, -0.05) is 35.9 Å². The molecule has 5 nitrogen and oxygen atoms in total. The Morgan fingerprint density at radius 2 is 1.89 bits per heavy atom. The lowest BCUT2D eigenvalue weighted by Gasteiger charge is -2.49. The van der Waals surface area contributed by atoms with Crippen molar-refractivity contribution in [1.82, 2.24) is 10.6 Å². The van der Waals surface area contributed by atoms with E-state index in [2.05, 4.69) is 10.6 Å². The SMILES string of the molecule is Cc1c(O)ccc2c1O[C@@]1(C[C@@H]2c2ccccc2Cl)CC(C)(C)NC(=O)N1. The van der Waals surface area contributed by atoms with Crippen molar-refractivity contribution in [3.8, 4) is 11.5 Å². The number of phenols is 1. The van der Waals surface area contributed by atoms with E-state index in [9.17, 15) is 9.90 Å². The van der Waals surface area contributed by atoms with Gasteiger partial charge in [-0.3, -0.25) is 0 Å². The van der Waals surface area contributed by atoms with Gasteiger partial charge < -0.3 is 20.5 Å². The van der Waals surface area contributed by atoms with Gasteiger partial charge in [0, 0.05) is 40.4 Å². The molecule has 0 aliphatic carbocycles. The molecule has 2 aliphatic rings. The smallest absolute Gasteiger partial charge is 0.318 e. The molecule has 4 rings (SSSR count). The zero-order chi connectivity index (χ0) is 19.4. The van der Waals surface area contributed by atoms with Gasteiger partial charge >= 0.3 is 6.03 Å². The van der Waals surface area contributed by atoms with Crippen LogP contribution in [0.15, 0.2) is 36.4 Å². The van der Waals surface area contributed by atoms with E-state index in [0.29, 0.717) is 29.2 Å². The number of benzene rings is 2. The van der Waals surface area contributed by atoms with Crippen LogP contribution < -0.4 is 15.4 Å². The molecule has 2 aromatic carbocycles. The number of halogens is 1. The summed E-state index contributed by atoms with van der Waals surface area (Å²) >= 11 is 6.52. The Morgan fingerprint density at radius 1 is 1.15 bits per heavy atom. The highest BCUT2D eigenvalue weighted by Crippen LogP contribution is 2.50. The highest BCUT2D eigenvalue weighted by atomic mass is 35.5. The Bertz CT molecular complexity index is 928. The van der Waals surface area contributed by atoms with Crippen molar-refractivity contribution in [2.24, 2.45) is 0 Å². The lowest BCUT2D eigenvalue weighted by Crippen LogP contribution is -2.69. The fourth-order valence-corrected chi connectivity index (χ4v) is 4.62. The van der Waals surface area contributed by atoms with Crippen LogP contribution in [0, 0.1) is 6.92 Å². The maximum Gasteiger partial charge on any atom is 0.318 e. The van der Waals surface area contributed by atoms with Crippen LogP contribution in [0.1, 0.15) is 49.3 Å². The number of amides is 2. The van der Waals surface area contributed by atoms with Gasteiger partial charge in [0.05, 0.1) is 0 Å². The molecule has 2 heterocycles. The van der Waals surface area contributed by atoms with E-state index in [0.717, 1.165) is 11.1 Å². The van der Waals surface area contributed by atoms with Gasteiger partial charge in [0.1, 0.15) is 11.5 Å². The van der Waals surface area contributed by atoms with E-state index in [-0.39, 0.29) is 17.7 Å². The largest absolute Gasteiger partial charge is 0.508 e. The third kappa shape index (κ3) is 3.10. The minimum Gasteiger partial charge on any atom is -0.508 e. The molecule has 2 atom stereocenters. The number of phenolic OH excluding ortho intramolecular Hbond substituents is 1. The van der Waals surface area contributed by atoms with E-state index < -0.39 is 11.3 Å². The molecule has 1 fully saturated rings. The number of carbonyl (C=O) groups excluding carboxylic acids is 1. The standard InChI is InChI=1S/C21H23ClN2O3/c1-12-17(25)9-8-14-15(13-6-4-5-7-16(13)22)10-21(27-18(12)14)11-20(2,3)23-19(26)24-21/h4-9,15,25H,10-11H2,1-3H3,(H2,23,24,26)/t15-,21+/m1/s1. The van der Waals surface area contributed by atoms with Crippen LogP contribution in [0.3, 0.4) is 0 Å². The normalized spacial score (nSPS) is 25.9. The fraction of sp³-hybridized carbons (Fsp3) is 0.381. The van der Waals surface area contributed by atoms with Crippen LogP contribution >= 0.6 is 11.6 Å². The molecule has 0 unspecified atom stereocenters. The molecular formula is C21H23ClN2O3. The van der Waals surface area contributed by atoms with Crippen molar-refractivity contribution in [3.05, 3.63) is 58.1 Å². The van der Waals surface area contributed by atoms with Crippen molar-refractivity contribution < 1.29 is 14.6 Å². The number of urea groups is 1. The molecule has 2 amide bonds. The highest BCUT2D eigenvalue weighted by molar-refractivity contribution is 6.31. The average molecular weight is 387 g/mol. The average Bonchev–Trinajstić information content (AvgIpc) is 2.56. The van der Waals surface area contributed by atoms with Crippen molar-refractivity contribution in [3.63, 3.8) is 0 Å². The molecule has 27 heavy (non-hydrogen) atoms. The number of fused-ring (bicyclic) bond motifs is 1. The lowest BCUT2D eigenvalue weighted by atomic mass is 9.76. The molecule has 2 aromatic rings. The summed E-state index contributed by atoms with van der Waals surface area (Å²) in [4.78, 5) is 12.3. The Labute approximate surface area is 163 Å². The number of aromatic hydroxyl groups is 1. The molecular weight excluding hydrogens is 364 g/mol. The minimum absolute atomic E-state index is 0.0593. The summed E-state index contributed by atoms with van der Waals surface area (Å²) in [7, 11) is 0. The topological polar surface area (TPSA) is 70.6 Å². The first kappa shape index (κ1) is 18.0. The third-order valence-corrected chi connectivity index (χ3v) is 5.76.